The van der Waals surface area contributed by atoms with Crippen LogP contribution in [0.15, 0.2) is 0 Å². The van der Waals surface area contributed by atoms with Crippen molar-refractivity contribution in [2.45, 2.75) is 19.4 Å². The highest BCUT2D eigenvalue weighted by Gasteiger charge is 2.33. The third kappa shape index (κ3) is 2.90. The molecule has 1 aliphatic rings. The summed E-state index contributed by atoms with van der Waals surface area (Å²) in [7, 11) is -2.24. The molecule has 0 aliphatic heterocycles. The van der Waals surface area contributed by atoms with E-state index in [2.05, 4.69) is 11.4 Å². The van der Waals surface area contributed by atoms with E-state index < -0.39 is 8.60 Å². The van der Waals surface area contributed by atoms with Crippen molar-refractivity contribution in [1.82, 2.24) is 0 Å². The van der Waals surface area contributed by atoms with Gasteiger partial charge in [-0.1, -0.05) is 6.92 Å². The van der Waals surface area contributed by atoms with Crippen molar-refractivity contribution < 1.29 is 19.0 Å². The number of hydrogen-bond acceptors (Lipinski definition) is 4. The predicted octanol–water partition coefficient (Wildman–Crippen LogP) is 0.597. The van der Waals surface area contributed by atoms with E-state index in [1.807, 2.05) is 0 Å². The van der Waals surface area contributed by atoms with Crippen LogP contribution in [0.25, 0.3) is 0 Å². The highest BCUT2D eigenvalue weighted by Crippen LogP contribution is 2.33. The number of rotatable bonds is 4. The third-order valence-electron chi connectivity index (χ3n) is 1.49. The molecule has 0 spiro atoms. The molecule has 5 heteroatoms. The van der Waals surface area contributed by atoms with E-state index in [0.717, 1.165) is 6.42 Å². The Hall–Kier alpha value is 0.270. The molecule has 0 saturated heterocycles. The first-order valence-electron chi connectivity index (χ1n) is 3.12. The van der Waals surface area contributed by atoms with Gasteiger partial charge in [0.25, 0.3) is 0 Å². The molecule has 1 aliphatic carbocycles. The van der Waals surface area contributed by atoms with E-state index in [1.54, 1.807) is 0 Å². The van der Waals surface area contributed by atoms with E-state index in [4.69, 9.17) is 14.5 Å². The average Bonchev–Trinajstić information content (AvgIpc) is 2.46. The van der Waals surface area contributed by atoms with Gasteiger partial charge in [-0.05, 0) is 12.3 Å². The van der Waals surface area contributed by atoms with Gasteiger partial charge in [-0.2, -0.15) is 0 Å². The van der Waals surface area contributed by atoms with Crippen LogP contribution in [0.4, 0.5) is 0 Å². The monoisotopic (exact) mass is 166 g/mol. The average molecular weight is 166 g/mol. The first-order chi connectivity index (χ1) is 4.70. The lowest BCUT2D eigenvalue weighted by molar-refractivity contribution is -0.00604. The van der Waals surface area contributed by atoms with E-state index in [0.29, 0.717) is 5.92 Å². The maximum absolute atomic E-state index is 8.27. The topological polar surface area (TPSA) is 58.9 Å². The van der Waals surface area contributed by atoms with Crippen molar-refractivity contribution in [3.8, 4) is 0 Å². The summed E-state index contributed by atoms with van der Waals surface area (Å²) in [5.74, 6) is 0.604. The molecule has 0 amide bonds. The van der Waals surface area contributed by atoms with Crippen LogP contribution in [0.3, 0.4) is 0 Å². The molecule has 60 valence electrons. The molecule has 1 rings (SSSR count). The molecule has 10 heavy (non-hydrogen) atoms. The highest BCUT2D eigenvalue weighted by atomic mass is 31.2. The predicted molar refractivity (Wildman–Crippen MR) is 36.0 cm³/mol. The molecule has 0 heterocycles. The number of hydrogen-bond donors (Lipinski definition) is 2. The summed E-state index contributed by atoms with van der Waals surface area (Å²) in [6.45, 7) is 2.07. The fraction of sp³-hybridized carbons (Fsp3) is 1.00. The first-order valence-corrected chi connectivity index (χ1v) is 4.29. The Morgan fingerprint density at radius 2 is 2.20 bits per heavy atom. The Labute approximate surface area is 60.8 Å². The van der Waals surface area contributed by atoms with Crippen molar-refractivity contribution in [2.75, 3.05) is 6.79 Å². The Balaban J connectivity index is 1.87. The molecule has 0 aromatic heterocycles. The molecule has 1 saturated carbocycles. The zero-order valence-corrected chi connectivity index (χ0v) is 6.62. The van der Waals surface area contributed by atoms with Crippen LogP contribution in [-0.2, 0) is 9.26 Å². The van der Waals surface area contributed by atoms with Crippen LogP contribution in [0.1, 0.15) is 13.3 Å². The quantitative estimate of drug-likeness (QED) is 0.474. The van der Waals surface area contributed by atoms with Crippen LogP contribution in [-0.4, -0.2) is 22.7 Å². The summed E-state index contributed by atoms with van der Waals surface area (Å²) in [5.41, 5.74) is 0. The molecular formula is C5H11O4P. The van der Waals surface area contributed by atoms with Crippen molar-refractivity contribution >= 4 is 8.60 Å². The summed E-state index contributed by atoms with van der Waals surface area (Å²) in [6, 6.07) is 0. The van der Waals surface area contributed by atoms with E-state index in [-0.39, 0.29) is 12.9 Å². The molecule has 1 fully saturated rings. The van der Waals surface area contributed by atoms with Crippen LogP contribution in [0, 0.1) is 5.92 Å². The Kier molecular flexibility index (Phi) is 3.01. The minimum absolute atomic E-state index is 0.00624. The van der Waals surface area contributed by atoms with Gasteiger partial charge < -0.3 is 14.5 Å². The second kappa shape index (κ2) is 3.60. The van der Waals surface area contributed by atoms with Gasteiger partial charge in [0.15, 0.2) is 6.79 Å². The summed E-state index contributed by atoms with van der Waals surface area (Å²) in [4.78, 5) is 16.5. The maximum Gasteiger partial charge on any atom is 0.329 e. The third-order valence-corrected chi connectivity index (χ3v) is 1.82. The molecule has 2 N–H and O–H groups in total. The second-order valence-electron chi connectivity index (χ2n) is 2.42. The Morgan fingerprint density at radius 1 is 1.60 bits per heavy atom. The van der Waals surface area contributed by atoms with Gasteiger partial charge in [0, 0.05) is 0 Å². The lowest BCUT2D eigenvalue weighted by atomic mass is 10.5. The molecule has 0 aromatic rings. The summed E-state index contributed by atoms with van der Waals surface area (Å²) < 4.78 is 9.44. The summed E-state index contributed by atoms with van der Waals surface area (Å²) in [5, 5.41) is 0. The molecule has 0 radical (unpaired) electrons. The SMILES string of the molecule is C[C@H]1CC1OCOP(O)O. The van der Waals surface area contributed by atoms with Gasteiger partial charge in [0.1, 0.15) is 0 Å². The zero-order valence-electron chi connectivity index (χ0n) is 5.73. The molecule has 0 bridgehead atoms. The van der Waals surface area contributed by atoms with Crippen molar-refractivity contribution in [3.63, 3.8) is 0 Å². The van der Waals surface area contributed by atoms with Gasteiger partial charge >= 0.3 is 8.60 Å². The minimum Gasteiger partial charge on any atom is -0.351 e. The van der Waals surface area contributed by atoms with Crippen molar-refractivity contribution in [2.24, 2.45) is 5.92 Å². The fourth-order valence-corrected chi connectivity index (χ4v) is 0.840. The largest absolute Gasteiger partial charge is 0.351 e. The van der Waals surface area contributed by atoms with E-state index >= 15 is 0 Å². The lowest BCUT2D eigenvalue weighted by Crippen LogP contribution is -1.99. The van der Waals surface area contributed by atoms with E-state index in [1.165, 1.54) is 0 Å². The minimum atomic E-state index is -2.24. The Bertz CT molecular complexity index is 108. The van der Waals surface area contributed by atoms with Crippen LogP contribution < -0.4 is 0 Å². The first kappa shape index (κ1) is 8.37. The normalized spacial score (nSPS) is 31.2. The maximum atomic E-state index is 8.27. The molecule has 0 aromatic carbocycles. The van der Waals surface area contributed by atoms with Crippen molar-refractivity contribution in [1.29, 1.82) is 0 Å². The highest BCUT2D eigenvalue weighted by molar-refractivity contribution is 7.39. The van der Waals surface area contributed by atoms with Crippen molar-refractivity contribution in [3.05, 3.63) is 0 Å². The van der Waals surface area contributed by atoms with Gasteiger partial charge in [-0.25, -0.2) is 0 Å². The smallest absolute Gasteiger partial charge is 0.329 e. The second-order valence-corrected chi connectivity index (χ2v) is 3.18. The van der Waals surface area contributed by atoms with Crippen LogP contribution >= 0.6 is 8.60 Å². The molecule has 1 unspecified atom stereocenters. The van der Waals surface area contributed by atoms with Crippen LogP contribution in [0.5, 0.6) is 0 Å². The van der Waals surface area contributed by atoms with Gasteiger partial charge in [-0.15, -0.1) is 0 Å². The lowest BCUT2D eigenvalue weighted by Gasteiger charge is -2.03. The summed E-state index contributed by atoms with van der Waals surface area (Å²) >= 11 is 0. The van der Waals surface area contributed by atoms with E-state index in [9.17, 15) is 0 Å². The summed E-state index contributed by atoms with van der Waals surface area (Å²) in [6.07, 6.45) is 1.33. The van der Waals surface area contributed by atoms with Gasteiger partial charge in [-0.3, -0.25) is 4.52 Å². The van der Waals surface area contributed by atoms with Gasteiger partial charge in [0.05, 0.1) is 6.10 Å². The molecular weight excluding hydrogens is 155 g/mol. The standard InChI is InChI=1S/C5H11O4P/c1-4-2-5(4)8-3-9-10(6)7/h4-7H,2-3H2,1H3/t4-,5?/m0/s1. The van der Waals surface area contributed by atoms with Gasteiger partial charge in [0.2, 0.25) is 0 Å². The number of ether oxygens (including phenoxy) is 1. The molecule has 4 nitrogen and oxygen atoms in total. The Morgan fingerprint density at radius 3 is 2.60 bits per heavy atom. The fourth-order valence-electron chi connectivity index (χ4n) is 0.685. The molecule has 2 atom stereocenters. The van der Waals surface area contributed by atoms with Crippen LogP contribution in [0.2, 0.25) is 0 Å². The zero-order chi connectivity index (χ0) is 7.56.